The van der Waals surface area contributed by atoms with Crippen molar-refractivity contribution < 1.29 is 42.2 Å². The van der Waals surface area contributed by atoms with E-state index in [0.717, 1.165) is 38.2 Å². The molecule has 0 amide bonds. The van der Waals surface area contributed by atoms with E-state index in [4.69, 9.17) is 4.74 Å². The third-order valence-electron chi connectivity index (χ3n) is 2.85. The zero-order valence-corrected chi connectivity index (χ0v) is 14.9. The Morgan fingerprint density at radius 1 is 1.32 bits per heavy atom. The van der Waals surface area contributed by atoms with Gasteiger partial charge in [-0.1, -0.05) is 19.4 Å². The Kier molecular flexibility index (Phi) is 10.6. The van der Waals surface area contributed by atoms with Gasteiger partial charge in [0, 0.05) is 45.8 Å². The summed E-state index contributed by atoms with van der Waals surface area (Å²) in [5.41, 5.74) is 1.84. The van der Waals surface area contributed by atoms with Gasteiger partial charge in [0.1, 0.15) is 0 Å². The molecule has 0 spiro atoms. The predicted octanol–water partition coefficient (Wildman–Crippen LogP) is 2.37. The first kappa shape index (κ1) is 18.9. The molecule has 0 N–H and O–H groups in total. The fourth-order valence-corrected chi connectivity index (χ4v) is 1.54. The van der Waals surface area contributed by atoms with Gasteiger partial charge >= 0.3 is 0 Å². The van der Waals surface area contributed by atoms with Crippen molar-refractivity contribution in [2.24, 2.45) is 0 Å². The fraction of sp³-hybridized carbons (Fsp3) is 0.533. The van der Waals surface area contributed by atoms with Crippen molar-refractivity contribution in [1.82, 2.24) is 4.90 Å². The van der Waals surface area contributed by atoms with Gasteiger partial charge in [0.15, 0.2) is 0 Å². The van der Waals surface area contributed by atoms with E-state index < -0.39 is 0 Å². The molecular weight excluding hydrogens is 315 g/mol. The van der Waals surface area contributed by atoms with Crippen LogP contribution in [0.2, 0.25) is 0 Å². The molecule has 0 saturated carbocycles. The van der Waals surface area contributed by atoms with Crippen LogP contribution in [-0.4, -0.2) is 44.5 Å². The monoisotopic (exact) mass is 337 g/mol. The summed E-state index contributed by atoms with van der Waals surface area (Å²) in [5.74, 6) is 0.482. The van der Waals surface area contributed by atoms with E-state index in [9.17, 15) is 4.79 Å². The summed E-state index contributed by atoms with van der Waals surface area (Å²) in [6.07, 6.45) is 0.834. The number of benzene rings is 1. The van der Waals surface area contributed by atoms with Crippen molar-refractivity contribution in [2.45, 2.75) is 19.8 Å². The van der Waals surface area contributed by atoms with Gasteiger partial charge in [0.05, 0.1) is 19.5 Å². The topological polar surface area (TPSA) is 29.5 Å². The zero-order valence-electron chi connectivity index (χ0n) is 12.1. The van der Waals surface area contributed by atoms with Crippen molar-refractivity contribution in [3.63, 3.8) is 0 Å². The quantitative estimate of drug-likeness (QED) is 0.613. The normalized spacial score (nSPS) is 15.2. The molecule has 19 heavy (non-hydrogen) atoms. The second kappa shape index (κ2) is 10.7. The molecule has 1 aliphatic heterocycles. The third kappa shape index (κ3) is 7.93. The first-order valence-electron chi connectivity index (χ1n) is 6.36. The van der Waals surface area contributed by atoms with Crippen LogP contribution < -0.4 is 0 Å². The van der Waals surface area contributed by atoms with Crippen LogP contribution in [0.25, 0.3) is 0 Å². The number of hydrogen-bond acceptors (Lipinski definition) is 3. The Morgan fingerprint density at radius 3 is 2.26 bits per heavy atom. The standard InChI is InChI=1S/C10H11O.C5H11NO.Y/c1-8(2)10-5-3-9(7-11)4-6-10;1-6-2-4-7-5-3-6;/h3-5,7-8H,1-2H3;2-5H2,1H3;/q-1;;. The predicted molar refractivity (Wildman–Crippen MR) is 73.1 cm³/mol. The minimum absolute atomic E-state index is 0. The van der Waals surface area contributed by atoms with Crippen LogP contribution in [0.4, 0.5) is 0 Å². The third-order valence-corrected chi connectivity index (χ3v) is 2.85. The van der Waals surface area contributed by atoms with Crippen LogP contribution in [0.15, 0.2) is 18.2 Å². The average molecular weight is 337 g/mol. The summed E-state index contributed by atoms with van der Waals surface area (Å²) in [6, 6.07) is 8.54. The van der Waals surface area contributed by atoms with Gasteiger partial charge in [-0.05, 0) is 13.0 Å². The SMILES string of the molecule is CC(C)c1[c-]cc(C=O)cc1.CN1CCOCC1.[Y]. The molecule has 0 bridgehead atoms. The molecule has 4 heteroatoms. The zero-order chi connectivity index (χ0) is 13.4. The second-order valence-electron chi connectivity index (χ2n) is 4.77. The Bertz CT molecular complexity index is 346. The number of rotatable bonds is 2. The van der Waals surface area contributed by atoms with Crippen molar-refractivity contribution in [3.05, 3.63) is 35.4 Å². The summed E-state index contributed by atoms with van der Waals surface area (Å²) in [4.78, 5) is 12.5. The van der Waals surface area contributed by atoms with Crippen LogP contribution in [0.3, 0.4) is 0 Å². The number of carbonyl (C=O) groups is 1. The number of carbonyl (C=O) groups excluding carboxylic acids is 1. The number of nitrogens with zero attached hydrogens (tertiary/aromatic N) is 1. The fourth-order valence-electron chi connectivity index (χ4n) is 1.54. The van der Waals surface area contributed by atoms with E-state index in [-0.39, 0.29) is 32.7 Å². The summed E-state index contributed by atoms with van der Waals surface area (Å²) in [5, 5.41) is 0. The first-order valence-corrected chi connectivity index (χ1v) is 6.36. The molecular formula is C15H22NO2Y-. The smallest absolute Gasteiger partial charge is 0.0950 e. The molecule has 1 heterocycles. The van der Waals surface area contributed by atoms with Crippen molar-refractivity contribution >= 4 is 6.29 Å². The summed E-state index contributed by atoms with van der Waals surface area (Å²) < 4.78 is 5.10. The van der Waals surface area contributed by atoms with Gasteiger partial charge < -0.3 is 14.4 Å². The van der Waals surface area contributed by atoms with E-state index >= 15 is 0 Å². The van der Waals surface area contributed by atoms with Gasteiger partial charge in [0.2, 0.25) is 0 Å². The van der Waals surface area contributed by atoms with Crippen LogP contribution in [-0.2, 0) is 37.4 Å². The maximum Gasteiger partial charge on any atom is 0.0950 e. The Labute approximate surface area is 141 Å². The van der Waals surface area contributed by atoms with Crippen molar-refractivity contribution in [1.29, 1.82) is 0 Å². The van der Waals surface area contributed by atoms with E-state index in [2.05, 4.69) is 31.9 Å². The van der Waals surface area contributed by atoms with Crippen molar-refractivity contribution in [2.75, 3.05) is 33.4 Å². The van der Waals surface area contributed by atoms with Gasteiger partial charge in [-0.15, -0.1) is 0 Å². The number of aldehydes is 1. The van der Waals surface area contributed by atoms with E-state index in [0.29, 0.717) is 11.5 Å². The molecule has 2 rings (SSSR count). The molecule has 103 valence electrons. The largest absolute Gasteiger partial charge is 0.379 e. The molecule has 1 aromatic carbocycles. The average Bonchev–Trinajstić information content (AvgIpc) is 2.40. The van der Waals surface area contributed by atoms with Gasteiger partial charge in [-0.25, -0.2) is 0 Å². The van der Waals surface area contributed by atoms with Gasteiger partial charge in [-0.3, -0.25) is 0 Å². The number of hydrogen-bond donors (Lipinski definition) is 0. The van der Waals surface area contributed by atoms with Crippen LogP contribution in [0, 0.1) is 6.07 Å². The molecule has 0 unspecified atom stereocenters. The molecule has 1 saturated heterocycles. The molecule has 1 aliphatic rings. The molecule has 0 aromatic heterocycles. The molecule has 1 fully saturated rings. The maximum absolute atomic E-state index is 10.3. The van der Waals surface area contributed by atoms with Crippen molar-refractivity contribution in [3.8, 4) is 0 Å². The number of likely N-dealkylation sites (N-methyl/N-ethyl adjacent to an activating group) is 1. The minimum atomic E-state index is 0. The van der Waals surface area contributed by atoms with Crippen LogP contribution >= 0.6 is 0 Å². The first-order chi connectivity index (χ1) is 8.63. The summed E-state index contributed by atoms with van der Waals surface area (Å²) in [6.45, 7) is 8.23. The number of morpholine rings is 1. The molecule has 0 atom stereocenters. The molecule has 0 aliphatic carbocycles. The Hall–Kier alpha value is -0.0861. The minimum Gasteiger partial charge on any atom is -0.379 e. The molecule has 1 radical (unpaired) electrons. The molecule has 1 aromatic rings. The van der Waals surface area contributed by atoms with E-state index in [1.807, 2.05) is 12.1 Å². The summed E-state index contributed by atoms with van der Waals surface area (Å²) in [7, 11) is 2.11. The van der Waals surface area contributed by atoms with Crippen LogP contribution in [0.1, 0.15) is 35.7 Å². The second-order valence-corrected chi connectivity index (χ2v) is 4.77. The Morgan fingerprint density at radius 2 is 1.95 bits per heavy atom. The van der Waals surface area contributed by atoms with Crippen LogP contribution in [0.5, 0.6) is 0 Å². The maximum atomic E-state index is 10.3. The van der Waals surface area contributed by atoms with Gasteiger partial charge in [0.25, 0.3) is 0 Å². The molecule has 3 nitrogen and oxygen atoms in total. The van der Waals surface area contributed by atoms with E-state index in [1.165, 1.54) is 0 Å². The summed E-state index contributed by atoms with van der Waals surface area (Å²) >= 11 is 0. The van der Waals surface area contributed by atoms with E-state index in [1.54, 1.807) is 6.07 Å². The number of ether oxygens (including phenoxy) is 1. The Balaban J connectivity index is 0.000000352. The van der Waals surface area contributed by atoms with Gasteiger partial charge in [-0.2, -0.15) is 29.8 Å².